The van der Waals surface area contributed by atoms with Gasteiger partial charge in [-0.05, 0) is 31.9 Å². The summed E-state index contributed by atoms with van der Waals surface area (Å²) in [6, 6.07) is 7.45. The minimum atomic E-state index is -0.361. The van der Waals surface area contributed by atoms with Crippen molar-refractivity contribution in [3.63, 3.8) is 0 Å². The lowest BCUT2D eigenvalue weighted by Crippen LogP contribution is -2.46. The van der Waals surface area contributed by atoms with Crippen LogP contribution in [0.3, 0.4) is 0 Å². The Balaban J connectivity index is 1.67. The van der Waals surface area contributed by atoms with E-state index in [1.54, 1.807) is 0 Å². The molecule has 114 valence electrons. The van der Waals surface area contributed by atoms with Gasteiger partial charge < -0.3 is 4.74 Å². The fourth-order valence-corrected chi connectivity index (χ4v) is 2.42. The highest BCUT2D eigenvalue weighted by atomic mass is 16.5. The van der Waals surface area contributed by atoms with Crippen LogP contribution in [0, 0.1) is 12.8 Å². The second-order valence-corrected chi connectivity index (χ2v) is 5.47. The zero-order valence-corrected chi connectivity index (χ0v) is 12.4. The summed E-state index contributed by atoms with van der Waals surface area (Å²) in [5.74, 6) is 0.199. The number of carbonyl (C=O) groups excluding carboxylic acids is 2. The van der Waals surface area contributed by atoms with Crippen LogP contribution < -0.4 is 15.6 Å². The molecule has 0 aromatic heterocycles. The Morgan fingerprint density at radius 1 is 1.10 bits per heavy atom. The molecule has 0 spiro atoms. The number of ether oxygens (including phenoxy) is 1. The molecule has 1 aromatic rings. The van der Waals surface area contributed by atoms with Gasteiger partial charge in [-0.3, -0.25) is 20.4 Å². The third-order valence-corrected chi connectivity index (χ3v) is 3.69. The van der Waals surface area contributed by atoms with E-state index in [-0.39, 0.29) is 24.3 Å². The van der Waals surface area contributed by atoms with E-state index in [9.17, 15) is 9.59 Å². The average molecular weight is 290 g/mol. The van der Waals surface area contributed by atoms with Gasteiger partial charge in [0.1, 0.15) is 5.75 Å². The topological polar surface area (TPSA) is 67.4 Å². The number of carbonyl (C=O) groups is 2. The van der Waals surface area contributed by atoms with Crippen LogP contribution in [0.2, 0.25) is 0 Å². The van der Waals surface area contributed by atoms with Crippen LogP contribution in [0.5, 0.6) is 5.75 Å². The van der Waals surface area contributed by atoms with E-state index in [0.29, 0.717) is 5.75 Å². The van der Waals surface area contributed by atoms with E-state index in [2.05, 4.69) is 10.9 Å². The molecule has 21 heavy (non-hydrogen) atoms. The second kappa shape index (κ2) is 7.67. The van der Waals surface area contributed by atoms with Gasteiger partial charge in [-0.2, -0.15) is 0 Å². The smallest absolute Gasteiger partial charge is 0.276 e. The lowest BCUT2D eigenvalue weighted by Gasteiger charge is -2.20. The zero-order chi connectivity index (χ0) is 15.1. The number of nitrogens with one attached hydrogen (secondary N) is 2. The maximum Gasteiger partial charge on any atom is 0.276 e. The predicted molar refractivity (Wildman–Crippen MR) is 79.5 cm³/mol. The van der Waals surface area contributed by atoms with E-state index < -0.39 is 0 Å². The Hall–Kier alpha value is -2.04. The summed E-state index contributed by atoms with van der Waals surface area (Å²) in [6.45, 7) is 1.87. The number of benzene rings is 1. The van der Waals surface area contributed by atoms with Crippen molar-refractivity contribution in [3.8, 4) is 5.75 Å². The SMILES string of the molecule is Cc1ccc(OCC(=O)NNC(=O)C2CCCCC2)cc1. The van der Waals surface area contributed by atoms with Gasteiger partial charge in [0, 0.05) is 5.92 Å². The molecule has 1 aromatic carbocycles. The van der Waals surface area contributed by atoms with Crippen molar-refractivity contribution in [2.24, 2.45) is 5.92 Å². The van der Waals surface area contributed by atoms with Crippen molar-refractivity contribution in [1.82, 2.24) is 10.9 Å². The van der Waals surface area contributed by atoms with Gasteiger partial charge in [-0.1, -0.05) is 37.0 Å². The Morgan fingerprint density at radius 2 is 1.76 bits per heavy atom. The number of hydrogen-bond donors (Lipinski definition) is 2. The lowest BCUT2D eigenvalue weighted by atomic mass is 9.89. The van der Waals surface area contributed by atoms with Crippen molar-refractivity contribution in [3.05, 3.63) is 29.8 Å². The van der Waals surface area contributed by atoms with Gasteiger partial charge in [0.05, 0.1) is 0 Å². The van der Waals surface area contributed by atoms with Crippen LogP contribution >= 0.6 is 0 Å². The van der Waals surface area contributed by atoms with E-state index >= 15 is 0 Å². The predicted octanol–water partition coefficient (Wildman–Crippen LogP) is 2.10. The second-order valence-electron chi connectivity index (χ2n) is 5.47. The minimum absolute atomic E-state index is 0.0251. The molecule has 2 N–H and O–H groups in total. The summed E-state index contributed by atoms with van der Waals surface area (Å²) >= 11 is 0. The summed E-state index contributed by atoms with van der Waals surface area (Å²) < 4.78 is 5.34. The standard InChI is InChI=1S/C16H22N2O3/c1-12-7-9-14(10-8-12)21-11-15(19)17-18-16(20)13-5-3-2-4-6-13/h7-10,13H,2-6,11H2,1H3,(H,17,19)(H,18,20). The maximum absolute atomic E-state index is 11.8. The van der Waals surface area contributed by atoms with Gasteiger partial charge >= 0.3 is 0 Å². The average Bonchev–Trinajstić information content (AvgIpc) is 2.53. The molecule has 5 heteroatoms. The fourth-order valence-electron chi connectivity index (χ4n) is 2.42. The Morgan fingerprint density at radius 3 is 2.43 bits per heavy atom. The summed E-state index contributed by atoms with van der Waals surface area (Å²) in [5.41, 5.74) is 6.01. The molecule has 2 rings (SSSR count). The summed E-state index contributed by atoms with van der Waals surface area (Å²) in [6.07, 6.45) is 5.18. The third-order valence-electron chi connectivity index (χ3n) is 3.69. The Kier molecular flexibility index (Phi) is 5.60. The summed E-state index contributed by atoms with van der Waals surface area (Å²) in [5, 5.41) is 0. The first-order valence-electron chi connectivity index (χ1n) is 7.43. The first-order valence-corrected chi connectivity index (χ1v) is 7.43. The lowest BCUT2D eigenvalue weighted by molar-refractivity contribution is -0.132. The zero-order valence-electron chi connectivity index (χ0n) is 12.4. The molecule has 0 unspecified atom stereocenters. The van der Waals surface area contributed by atoms with Crippen LogP contribution in [-0.2, 0) is 9.59 Å². The van der Waals surface area contributed by atoms with E-state index in [1.807, 2.05) is 31.2 Å². The van der Waals surface area contributed by atoms with Crippen LogP contribution in [0.25, 0.3) is 0 Å². The Labute approximate surface area is 125 Å². The van der Waals surface area contributed by atoms with E-state index in [1.165, 1.54) is 6.42 Å². The van der Waals surface area contributed by atoms with Crippen molar-refractivity contribution < 1.29 is 14.3 Å². The largest absolute Gasteiger partial charge is 0.484 e. The molecule has 0 atom stereocenters. The highest BCUT2D eigenvalue weighted by Gasteiger charge is 2.21. The third kappa shape index (κ3) is 5.10. The molecule has 1 saturated carbocycles. The number of rotatable bonds is 4. The normalized spacial score (nSPS) is 15.3. The number of aryl methyl sites for hydroxylation is 1. The van der Waals surface area contributed by atoms with Gasteiger partial charge in [0.25, 0.3) is 5.91 Å². The number of hydrazine groups is 1. The van der Waals surface area contributed by atoms with Gasteiger partial charge in [-0.25, -0.2) is 0 Å². The van der Waals surface area contributed by atoms with Gasteiger partial charge in [-0.15, -0.1) is 0 Å². The number of hydrogen-bond acceptors (Lipinski definition) is 3. The molecule has 0 heterocycles. The maximum atomic E-state index is 11.8. The monoisotopic (exact) mass is 290 g/mol. The first kappa shape index (κ1) is 15.4. The summed E-state index contributed by atoms with van der Waals surface area (Å²) in [7, 11) is 0. The molecular weight excluding hydrogens is 268 g/mol. The first-order chi connectivity index (χ1) is 10.1. The quantitative estimate of drug-likeness (QED) is 0.835. The van der Waals surface area contributed by atoms with E-state index in [0.717, 1.165) is 31.2 Å². The van der Waals surface area contributed by atoms with Crippen LogP contribution in [0.1, 0.15) is 37.7 Å². The Bertz CT molecular complexity index is 479. The van der Waals surface area contributed by atoms with Gasteiger partial charge in [0.15, 0.2) is 6.61 Å². The molecule has 0 bridgehead atoms. The van der Waals surface area contributed by atoms with Crippen molar-refractivity contribution in [1.29, 1.82) is 0 Å². The van der Waals surface area contributed by atoms with Crippen LogP contribution in [-0.4, -0.2) is 18.4 Å². The van der Waals surface area contributed by atoms with Crippen molar-refractivity contribution >= 4 is 11.8 Å². The highest BCUT2D eigenvalue weighted by Crippen LogP contribution is 2.23. The molecule has 1 aliphatic carbocycles. The molecule has 1 fully saturated rings. The molecule has 2 amide bonds. The van der Waals surface area contributed by atoms with Crippen molar-refractivity contribution in [2.45, 2.75) is 39.0 Å². The molecule has 0 saturated heterocycles. The van der Waals surface area contributed by atoms with Crippen LogP contribution in [0.4, 0.5) is 0 Å². The van der Waals surface area contributed by atoms with Gasteiger partial charge in [0.2, 0.25) is 5.91 Å². The molecule has 5 nitrogen and oxygen atoms in total. The molecular formula is C16H22N2O3. The number of amides is 2. The highest BCUT2D eigenvalue weighted by molar-refractivity contribution is 5.83. The minimum Gasteiger partial charge on any atom is -0.484 e. The van der Waals surface area contributed by atoms with E-state index in [4.69, 9.17) is 4.74 Å². The molecule has 1 aliphatic rings. The van der Waals surface area contributed by atoms with Crippen LogP contribution in [0.15, 0.2) is 24.3 Å². The fraction of sp³-hybridized carbons (Fsp3) is 0.500. The molecule has 0 radical (unpaired) electrons. The summed E-state index contributed by atoms with van der Waals surface area (Å²) in [4.78, 5) is 23.5. The molecule has 0 aliphatic heterocycles. The van der Waals surface area contributed by atoms with Crippen molar-refractivity contribution in [2.75, 3.05) is 6.61 Å².